The van der Waals surface area contributed by atoms with E-state index < -0.39 is 18.2 Å². The van der Waals surface area contributed by atoms with Crippen LogP contribution in [0.15, 0.2) is 60.7 Å². The van der Waals surface area contributed by atoms with Crippen LogP contribution in [0.4, 0.5) is 13.2 Å². The van der Waals surface area contributed by atoms with E-state index in [0.29, 0.717) is 0 Å². The number of rotatable bonds is 5. The molecule has 0 aliphatic rings. The summed E-state index contributed by atoms with van der Waals surface area (Å²) in [4.78, 5) is 0. The van der Waals surface area contributed by atoms with Crippen molar-refractivity contribution in [2.75, 3.05) is 6.61 Å². The first-order valence-electron chi connectivity index (χ1n) is 7.38. The second-order valence-corrected chi connectivity index (χ2v) is 5.17. The Morgan fingerprint density at radius 2 is 1.54 bits per heavy atom. The zero-order valence-electron chi connectivity index (χ0n) is 12.8. The van der Waals surface area contributed by atoms with Gasteiger partial charge in [0.2, 0.25) is 0 Å². The Bertz CT molecular complexity index is 672. The summed E-state index contributed by atoms with van der Waals surface area (Å²) in [5.41, 5.74) is 1.09. The van der Waals surface area contributed by atoms with Gasteiger partial charge in [-0.3, -0.25) is 0 Å². The summed E-state index contributed by atoms with van der Waals surface area (Å²) in [6.07, 6.45) is -6.35. The lowest BCUT2D eigenvalue weighted by atomic mass is 9.95. The molecule has 0 aromatic heterocycles. The molecular weight excluding hydrogens is 317 g/mol. The van der Waals surface area contributed by atoms with E-state index in [1.807, 2.05) is 30.3 Å². The number of benzene rings is 2. The van der Waals surface area contributed by atoms with Crippen LogP contribution in [0.25, 0.3) is 0 Å². The van der Waals surface area contributed by atoms with Crippen LogP contribution in [-0.2, 0) is 11.3 Å². The first-order valence-corrected chi connectivity index (χ1v) is 7.38. The normalized spacial score (nSPS) is 13.7. The molecule has 5 heteroatoms. The molecule has 0 aliphatic heterocycles. The van der Waals surface area contributed by atoms with Gasteiger partial charge in [-0.05, 0) is 11.1 Å². The molecule has 0 bridgehead atoms. The molecule has 0 fully saturated rings. The van der Waals surface area contributed by atoms with Crippen LogP contribution >= 0.6 is 0 Å². The van der Waals surface area contributed by atoms with E-state index in [0.717, 1.165) is 5.56 Å². The highest BCUT2D eigenvalue weighted by Crippen LogP contribution is 2.35. The van der Waals surface area contributed by atoms with Gasteiger partial charge >= 0.3 is 6.18 Å². The zero-order chi connectivity index (χ0) is 17.4. The van der Waals surface area contributed by atoms with Gasteiger partial charge in [0.1, 0.15) is 18.6 Å². The number of hydrogen-bond donors (Lipinski definition) is 1. The summed E-state index contributed by atoms with van der Waals surface area (Å²) in [5, 5.41) is 9.99. The van der Waals surface area contributed by atoms with Gasteiger partial charge in [-0.25, -0.2) is 0 Å². The molecule has 126 valence electrons. The minimum atomic E-state index is -4.62. The summed E-state index contributed by atoms with van der Waals surface area (Å²) in [6.45, 7) is 0.135. The highest BCUT2D eigenvalue weighted by atomic mass is 19.4. The van der Waals surface area contributed by atoms with Gasteiger partial charge < -0.3 is 9.84 Å². The van der Waals surface area contributed by atoms with E-state index in [9.17, 15) is 18.3 Å². The van der Waals surface area contributed by atoms with E-state index in [-0.39, 0.29) is 18.8 Å². The molecule has 24 heavy (non-hydrogen) atoms. The van der Waals surface area contributed by atoms with Crippen molar-refractivity contribution < 1.29 is 23.0 Å². The Kier molecular flexibility index (Phi) is 6.42. The topological polar surface area (TPSA) is 29.5 Å². The predicted octanol–water partition coefficient (Wildman–Crippen LogP) is 4.12. The van der Waals surface area contributed by atoms with Crippen molar-refractivity contribution in [1.29, 1.82) is 0 Å². The third kappa shape index (κ3) is 5.41. The fourth-order valence-electron chi connectivity index (χ4n) is 2.13. The molecule has 0 saturated carbocycles. The number of aliphatic hydroxyl groups is 1. The van der Waals surface area contributed by atoms with Crippen LogP contribution in [0.2, 0.25) is 0 Å². The maximum Gasteiger partial charge on any atom is 0.405 e. The lowest BCUT2D eigenvalue weighted by Gasteiger charge is -2.21. The molecule has 2 aromatic carbocycles. The smallest absolute Gasteiger partial charge is 0.387 e. The molecule has 0 spiro atoms. The van der Waals surface area contributed by atoms with Crippen molar-refractivity contribution >= 4 is 0 Å². The molecule has 2 atom stereocenters. The van der Waals surface area contributed by atoms with Gasteiger partial charge in [0.05, 0.1) is 6.61 Å². The van der Waals surface area contributed by atoms with Crippen LogP contribution in [0.5, 0.6) is 0 Å². The van der Waals surface area contributed by atoms with Gasteiger partial charge in [0.25, 0.3) is 0 Å². The van der Waals surface area contributed by atoms with E-state index in [4.69, 9.17) is 4.74 Å². The monoisotopic (exact) mass is 334 g/mol. The van der Waals surface area contributed by atoms with E-state index >= 15 is 0 Å². The largest absolute Gasteiger partial charge is 0.405 e. The average molecular weight is 334 g/mol. The van der Waals surface area contributed by atoms with Gasteiger partial charge in [-0.1, -0.05) is 72.5 Å². The Balaban J connectivity index is 1.97. The predicted molar refractivity (Wildman–Crippen MR) is 84.8 cm³/mol. The van der Waals surface area contributed by atoms with Crippen LogP contribution in [0.3, 0.4) is 0 Å². The minimum absolute atomic E-state index is 0.136. The summed E-state index contributed by atoms with van der Waals surface area (Å²) in [7, 11) is 0. The Morgan fingerprint density at radius 1 is 0.958 bits per heavy atom. The Morgan fingerprint density at radius 3 is 2.12 bits per heavy atom. The lowest BCUT2D eigenvalue weighted by Crippen LogP contribution is -2.28. The van der Waals surface area contributed by atoms with Crippen molar-refractivity contribution in [3.05, 3.63) is 71.8 Å². The standard InChI is InChI=1S/C19H17F3O2/c20-19(21,22)17(18(23)16-10-5-2-6-11-16)12-7-13-24-14-15-8-3-1-4-9-15/h1-6,8-11,17-18,23H,13-14H2/t17-,18-/m0/s1. The van der Waals surface area contributed by atoms with E-state index in [2.05, 4.69) is 11.8 Å². The van der Waals surface area contributed by atoms with Gasteiger partial charge in [-0.2, -0.15) is 13.2 Å². The van der Waals surface area contributed by atoms with E-state index in [1.165, 1.54) is 12.1 Å². The molecular formula is C19H17F3O2. The molecule has 0 heterocycles. The first-order chi connectivity index (χ1) is 11.5. The van der Waals surface area contributed by atoms with Gasteiger partial charge in [0.15, 0.2) is 0 Å². The molecule has 2 aromatic rings. The Labute approximate surface area is 138 Å². The molecule has 0 unspecified atom stereocenters. The number of hydrogen-bond acceptors (Lipinski definition) is 2. The first kappa shape index (κ1) is 18.1. The van der Waals surface area contributed by atoms with Crippen molar-refractivity contribution in [3.63, 3.8) is 0 Å². The molecule has 0 aliphatic carbocycles. The second kappa shape index (κ2) is 8.53. The number of alkyl halides is 3. The Hall–Kier alpha value is -2.29. The van der Waals surface area contributed by atoms with E-state index in [1.54, 1.807) is 18.2 Å². The van der Waals surface area contributed by atoms with Crippen LogP contribution in [-0.4, -0.2) is 17.9 Å². The molecule has 1 N–H and O–H groups in total. The van der Waals surface area contributed by atoms with Crippen LogP contribution < -0.4 is 0 Å². The summed E-state index contributed by atoms with van der Waals surface area (Å²) in [5.74, 6) is 2.30. The third-order valence-electron chi connectivity index (χ3n) is 3.35. The maximum atomic E-state index is 13.1. The highest BCUT2D eigenvalue weighted by molar-refractivity contribution is 5.22. The number of aliphatic hydroxyl groups excluding tert-OH is 1. The van der Waals surface area contributed by atoms with Crippen LogP contribution in [0, 0.1) is 17.8 Å². The van der Waals surface area contributed by atoms with Crippen molar-refractivity contribution in [2.45, 2.75) is 18.9 Å². The molecule has 0 radical (unpaired) electrons. The summed E-state index contributed by atoms with van der Waals surface area (Å²) >= 11 is 0. The number of ether oxygens (including phenoxy) is 1. The third-order valence-corrected chi connectivity index (χ3v) is 3.35. The molecule has 0 amide bonds. The van der Waals surface area contributed by atoms with Gasteiger partial charge in [0, 0.05) is 0 Å². The molecule has 2 rings (SSSR count). The number of halogens is 3. The van der Waals surface area contributed by atoms with Crippen molar-refractivity contribution in [1.82, 2.24) is 0 Å². The average Bonchev–Trinajstić information content (AvgIpc) is 2.58. The molecule has 2 nitrogen and oxygen atoms in total. The zero-order valence-corrected chi connectivity index (χ0v) is 12.8. The minimum Gasteiger partial charge on any atom is -0.387 e. The maximum absolute atomic E-state index is 13.1. The fourth-order valence-corrected chi connectivity index (χ4v) is 2.13. The highest BCUT2D eigenvalue weighted by Gasteiger charge is 2.43. The van der Waals surface area contributed by atoms with Crippen molar-refractivity contribution in [3.8, 4) is 11.8 Å². The fraction of sp³-hybridized carbons (Fsp3) is 0.263. The second-order valence-electron chi connectivity index (χ2n) is 5.17. The summed E-state index contributed by atoms with van der Waals surface area (Å²) < 4.78 is 44.6. The van der Waals surface area contributed by atoms with Crippen molar-refractivity contribution in [2.24, 2.45) is 5.92 Å². The quantitative estimate of drug-likeness (QED) is 0.658. The molecule has 0 saturated heterocycles. The SMILES string of the molecule is O[C@@H](c1ccccc1)[C@H](C#CCOCc1ccccc1)C(F)(F)F. The van der Waals surface area contributed by atoms with Crippen LogP contribution in [0.1, 0.15) is 17.2 Å². The summed E-state index contributed by atoms with van der Waals surface area (Å²) in [6, 6.07) is 17.0. The van der Waals surface area contributed by atoms with Gasteiger partial charge in [-0.15, -0.1) is 0 Å². The lowest BCUT2D eigenvalue weighted by molar-refractivity contribution is -0.182.